The number of aromatic nitrogens is 2. The minimum absolute atomic E-state index is 0.0630. The lowest BCUT2D eigenvalue weighted by molar-refractivity contribution is 0.744. The summed E-state index contributed by atoms with van der Waals surface area (Å²) in [6, 6.07) is 1.88. The van der Waals surface area contributed by atoms with Crippen LogP contribution in [-0.2, 0) is 6.54 Å². The maximum atomic E-state index is 10.9. The molecule has 0 aromatic carbocycles. The molecule has 0 radical (unpaired) electrons. The fraction of sp³-hybridized carbons (Fsp3) is 0.286. The van der Waals surface area contributed by atoms with Crippen LogP contribution in [0.1, 0.15) is 5.56 Å². The minimum atomic E-state index is -0.378. The lowest BCUT2D eigenvalue weighted by Gasteiger charge is -1.97. The van der Waals surface area contributed by atoms with Crippen LogP contribution < -0.4 is 5.69 Å². The highest BCUT2D eigenvalue weighted by atomic mass is 16.1. The molecule has 0 aliphatic rings. The number of hydrogen-bond donors (Lipinski definition) is 0. The van der Waals surface area contributed by atoms with E-state index in [0.29, 0.717) is 0 Å². The molecule has 0 atom stereocenters. The Morgan fingerprint density at radius 1 is 1.82 bits per heavy atom. The van der Waals surface area contributed by atoms with Crippen molar-refractivity contribution >= 4 is 0 Å². The lowest BCUT2D eigenvalue weighted by Crippen LogP contribution is -2.21. The lowest BCUT2D eigenvalue weighted by atomic mass is 10.4. The van der Waals surface area contributed by atoms with E-state index in [2.05, 4.69) is 4.98 Å². The van der Waals surface area contributed by atoms with E-state index >= 15 is 0 Å². The third kappa shape index (κ3) is 1.64. The van der Waals surface area contributed by atoms with Gasteiger partial charge in [-0.3, -0.25) is 4.57 Å². The average Bonchev–Trinajstić information content (AvgIpc) is 1.98. The van der Waals surface area contributed by atoms with Crippen molar-refractivity contribution < 1.29 is 0 Å². The number of rotatable bonds is 1. The summed E-state index contributed by atoms with van der Waals surface area (Å²) in [5.74, 6) is 0. The second kappa shape index (κ2) is 2.97. The molecule has 0 aliphatic heterocycles. The number of nitriles is 1. The quantitative estimate of drug-likeness (QED) is 0.568. The van der Waals surface area contributed by atoms with Crippen molar-refractivity contribution in [2.75, 3.05) is 0 Å². The summed E-state index contributed by atoms with van der Waals surface area (Å²) in [6.45, 7) is 1.88. The molecule has 56 valence electrons. The molecule has 0 unspecified atom stereocenters. The largest absolute Gasteiger partial charge is 0.348 e. The first kappa shape index (κ1) is 7.48. The van der Waals surface area contributed by atoms with Gasteiger partial charge < -0.3 is 0 Å². The van der Waals surface area contributed by atoms with Crippen LogP contribution in [0, 0.1) is 18.3 Å². The summed E-state index contributed by atoms with van der Waals surface area (Å²) in [5.41, 5.74) is 0.497. The van der Waals surface area contributed by atoms with E-state index in [0.717, 1.165) is 5.56 Å². The molecular weight excluding hydrogens is 142 g/mol. The van der Waals surface area contributed by atoms with Crippen molar-refractivity contribution in [3.05, 3.63) is 28.4 Å². The third-order valence-corrected chi connectivity index (χ3v) is 1.22. The van der Waals surface area contributed by atoms with Gasteiger partial charge in [0.25, 0.3) is 0 Å². The van der Waals surface area contributed by atoms with Crippen molar-refractivity contribution in [1.82, 2.24) is 9.55 Å². The first-order valence-corrected chi connectivity index (χ1v) is 3.14. The van der Waals surface area contributed by atoms with E-state index < -0.39 is 0 Å². The molecule has 4 nitrogen and oxygen atoms in total. The Hall–Kier alpha value is -1.63. The highest BCUT2D eigenvalue weighted by molar-refractivity contribution is 5.00. The molecule has 1 aromatic heterocycles. The van der Waals surface area contributed by atoms with Gasteiger partial charge in [0.1, 0.15) is 6.54 Å². The van der Waals surface area contributed by atoms with E-state index in [1.807, 2.05) is 13.0 Å². The maximum absolute atomic E-state index is 10.9. The highest BCUT2D eigenvalue weighted by Crippen LogP contribution is 1.87. The van der Waals surface area contributed by atoms with Gasteiger partial charge in [0.05, 0.1) is 6.07 Å². The predicted molar refractivity (Wildman–Crippen MR) is 38.8 cm³/mol. The zero-order chi connectivity index (χ0) is 8.27. The molecule has 0 amide bonds. The normalized spacial score (nSPS) is 9.09. The van der Waals surface area contributed by atoms with E-state index in [1.54, 1.807) is 6.20 Å². The van der Waals surface area contributed by atoms with Crippen molar-refractivity contribution in [2.24, 2.45) is 0 Å². The molecule has 0 saturated heterocycles. The Morgan fingerprint density at radius 3 is 3.18 bits per heavy atom. The van der Waals surface area contributed by atoms with Crippen LogP contribution in [0.4, 0.5) is 0 Å². The summed E-state index contributed by atoms with van der Waals surface area (Å²) in [5, 5.41) is 8.30. The second-order valence-electron chi connectivity index (χ2n) is 2.20. The van der Waals surface area contributed by atoms with Gasteiger partial charge in [0, 0.05) is 12.4 Å². The Labute approximate surface area is 63.7 Å². The van der Waals surface area contributed by atoms with Gasteiger partial charge in [-0.1, -0.05) is 0 Å². The van der Waals surface area contributed by atoms with Crippen molar-refractivity contribution in [3.63, 3.8) is 0 Å². The average molecular weight is 149 g/mol. The first-order valence-electron chi connectivity index (χ1n) is 3.14. The topological polar surface area (TPSA) is 58.7 Å². The summed E-state index contributed by atoms with van der Waals surface area (Å²) in [6.07, 6.45) is 3.09. The fourth-order valence-corrected chi connectivity index (χ4v) is 0.755. The Balaban J connectivity index is 3.15. The fourth-order valence-electron chi connectivity index (χ4n) is 0.755. The van der Waals surface area contributed by atoms with Crippen LogP contribution in [-0.4, -0.2) is 9.55 Å². The predicted octanol–water partition coefficient (Wildman–Crippen LogP) is 0.0753. The van der Waals surface area contributed by atoms with Gasteiger partial charge in [0.15, 0.2) is 0 Å². The molecule has 0 fully saturated rings. The first-order chi connectivity index (χ1) is 5.24. The molecule has 0 spiro atoms. The van der Waals surface area contributed by atoms with E-state index in [1.165, 1.54) is 10.8 Å². The Bertz CT molecular complexity index is 347. The molecule has 0 bridgehead atoms. The second-order valence-corrected chi connectivity index (χ2v) is 2.20. The van der Waals surface area contributed by atoms with Crippen molar-refractivity contribution in [3.8, 4) is 6.07 Å². The van der Waals surface area contributed by atoms with Crippen LogP contribution in [0.15, 0.2) is 17.2 Å². The van der Waals surface area contributed by atoms with Gasteiger partial charge in [-0.05, 0) is 12.5 Å². The smallest absolute Gasteiger partial charge is 0.285 e. The van der Waals surface area contributed by atoms with Crippen LogP contribution in [0.2, 0.25) is 0 Å². The molecular formula is C7H7N3O. The maximum Gasteiger partial charge on any atom is 0.348 e. The van der Waals surface area contributed by atoms with Gasteiger partial charge in [-0.25, -0.2) is 9.78 Å². The Morgan fingerprint density at radius 2 is 2.55 bits per heavy atom. The summed E-state index contributed by atoms with van der Waals surface area (Å²) in [4.78, 5) is 14.4. The number of hydrogen-bond acceptors (Lipinski definition) is 3. The molecule has 0 saturated carbocycles. The molecule has 0 N–H and O–H groups in total. The summed E-state index contributed by atoms with van der Waals surface area (Å²) >= 11 is 0. The van der Waals surface area contributed by atoms with Gasteiger partial charge in [0.2, 0.25) is 0 Å². The van der Waals surface area contributed by atoms with Gasteiger partial charge in [-0.2, -0.15) is 5.26 Å². The SMILES string of the molecule is Cc1cnc(=O)n(CC#N)c1. The molecule has 0 aliphatic carbocycles. The monoisotopic (exact) mass is 149 g/mol. The summed E-state index contributed by atoms with van der Waals surface area (Å²) < 4.78 is 1.27. The highest BCUT2D eigenvalue weighted by Gasteiger charge is 1.94. The van der Waals surface area contributed by atoms with E-state index in [-0.39, 0.29) is 12.2 Å². The molecule has 11 heavy (non-hydrogen) atoms. The number of nitrogens with zero attached hydrogens (tertiary/aromatic N) is 3. The minimum Gasteiger partial charge on any atom is -0.285 e. The van der Waals surface area contributed by atoms with E-state index in [9.17, 15) is 4.79 Å². The van der Waals surface area contributed by atoms with Crippen molar-refractivity contribution in [1.29, 1.82) is 5.26 Å². The van der Waals surface area contributed by atoms with Crippen LogP contribution >= 0.6 is 0 Å². The zero-order valence-corrected chi connectivity index (χ0v) is 6.11. The molecule has 1 aromatic rings. The Kier molecular flexibility index (Phi) is 2.02. The number of aryl methyl sites for hydroxylation is 1. The molecule has 4 heteroatoms. The molecule has 1 rings (SSSR count). The van der Waals surface area contributed by atoms with Gasteiger partial charge in [-0.15, -0.1) is 0 Å². The third-order valence-electron chi connectivity index (χ3n) is 1.22. The summed E-state index contributed by atoms with van der Waals surface area (Å²) in [7, 11) is 0. The van der Waals surface area contributed by atoms with Crippen molar-refractivity contribution in [2.45, 2.75) is 13.5 Å². The van der Waals surface area contributed by atoms with Crippen LogP contribution in [0.5, 0.6) is 0 Å². The standard InChI is InChI=1S/C7H7N3O/c1-6-4-9-7(11)10(5-6)3-2-8/h4-5H,3H2,1H3. The van der Waals surface area contributed by atoms with Gasteiger partial charge >= 0.3 is 5.69 Å². The zero-order valence-electron chi connectivity index (χ0n) is 6.11. The molecule has 1 heterocycles. The van der Waals surface area contributed by atoms with Crippen LogP contribution in [0.3, 0.4) is 0 Å². The van der Waals surface area contributed by atoms with E-state index in [4.69, 9.17) is 5.26 Å². The van der Waals surface area contributed by atoms with Crippen LogP contribution in [0.25, 0.3) is 0 Å².